The van der Waals surface area contributed by atoms with Crippen molar-refractivity contribution in [1.29, 1.82) is 0 Å². The van der Waals surface area contributed by atoms with E-state index in [1.165, 1.54) is 24.3 Å². The van der Waals surface area contributed by atoms with Crippen molar-refractivity contribution in [1.82, 2.24) is 5.32 Å². The highest BCUT2D eigenvalue weighted by molar-refractivity contribution is 7.99. The van der Waals surface area contributed by atoms with Crippen LogP contribution in [0, 0.1) is 0 Å². The number of esters is 1. The Morgan fingerprint density at radius 1 is 1.03 bits per heavy atom. The second-order valence-corrected chi connectivity index (χ2v) is 7.58. The SMILES string of the molecule is CCCCOc1ccc(C(=O)NCC(=O)OCC(=O)Nc2ccc(SC(F)F)cc2)cc1. The van der Waals surface area contributed by atoms with Crippen LogP contribution in [-0.4, -0.2) is 43.3 Å². The van der Waals surface area contributed by atoms with Crippen molar-refractivity contribution in [3.63, 3.8) is 0 Å². The van der Waals surface area contributed by atoms with Crippen molar-refractivity contribution in [3.05, 3.63) is 54.1 Å². The van der Waals surface area contributed by atoms with Crippen molar-refractivity contribution in [2.24, 2.45) is 0 Å². The number of nitrogens with one attached hydrogen (secondary N) is 2. The summed E-state index contributed by atoms with van der Waals surface area (Å²) in [6.45, 7) is 1.71. The molecule has 0 saturated heterocycles. The number of hydrogen-bond acceptors (Lipinski definition) is 6. The number of alkyl halides is 2. The largest absolute Gasteiger partial charge is 0.494 e. The van der Waals surface area contributed by atoms with Crippen LogP contribution in [0.25, 0.3) is 0 Å². The fourth-order valence-electron chi connectivity index (χ4n) is 2.41. The summed E-state index contributed by atoms with van der Waals surface area (Å²) in [7, 11) is 0. The molecule has 0 fully saturated rings. The Balaban J connectivity index is 1.69. The molecule has 0 aromatic heterocycles. The number of anilines is 1. The molecule has 0 spiro atoms. The van der Waals surface area contributed by atoms with Gasteiger partial charge in [-0.05, 0) is 55.0 Å². The number of thioether (sulfide) groups is 1. The number of halogens is 2. The molecule has 0 radical (unpaired) electrons. The lowest BCUT2D eigenvalue weighted by Crippen LogP contribution is -2.32. The monoisotopic (exact) mass is 466 g/mol. The normalized spacial score (nSPS) is 10.5. The van der Waals surface area contributed by atoms with Crippen molar-refractivity contribution in [2.45, 2.75) is 30.4 Å². The van der Waals surface area contributed by atoms with Gasteiger partial charge < -0.3 is 20.1 Å². The summed E-state index contributed by atoms with van der Waals surface area (Å²) in [4.78, 5) is 36.1. The maximum Gasteiger partial charge on any atom is 0.325 e. The smallest absolute Gasteiger partial charge is 0.325 e. The second kappa shape index (κ2) is 13.3. The van der Waals surface area contributed by atoms with Gasteiger partial charge in [0.25, 0.3) is 17.6 Å². The molecule has 0 aliphatic rings. The molecular formula is C22H24F2N2O5S. The van der Waals surface area contributed by atoms with Crippen LogP contribution in [0.5, 0.6) is 5.75 Å². The molecule has 2 amide bonds. The summed E-state index contributed by atoms with van der Waals surface area (Å²) in [6.07, 6.45) is 1.96. The summed E-state index contributed by atoms with van der Waals surface area (Å²) in [5.41, 5.74) is 0.729. The lowest BCUT2D eigenvalue weighted by molar-refractivity contribution is -0.146. The van der Waals surface area contributed by atoms with Gasteiger partial charge in [-0.3, -0.25) is 14.4 Å². The molecule has 7 nitrogen and oxygen atoms in total. The van der Waals surface area contributed by atoms with Crippen molar-refractivity contribution >= 4 is 35.2 Å². The first kappa shape index (κ1) is 25.1. The molecule has 32 heavy (non-hydrogen) atoms. The number of carbonyl (C=O) groups excluding carboxylic acids is 3. The summed E-state index contributed by atoms with van der Waals surface area (Å²) in [6, 6.07) is 12.3. The first-order valence-corrected chi connectivity index (χ1v) is 10.8. The van der Waals surface area contributed by atoms with E-state index in [2.05, 4.69) is 17.6 Å². The molecule has 0 heterocycles. The zero-order chi connectivity index (χ0) is 23.3. The van der Waals surface area contributed by atoms with Gasteiger partial charge in [0.1, 0.15) is 12.3 Å². The molecule has 2 N–H and O–H groups in total. The lowest BCUT2D eigenvalue weighted by Gasteiger charge is -2.09. The molecule has 10 heteroatoms. The van der Waals surface area contributed by atoms with Crippen LogP contribution < -0.4 is 15.4 Å². The summed E-state index contributed by atoms with van der Waals surface area (Å²) in [5, 5.41) is 4.90. The molecule has 172 valence electrons. The Bertz CT molecular complexity index is 892. The van der Waals surface area contributed by atoms with Gasteiger partial charge in [-0.15, -0.1) is 0 Å². The number of ether oxygens (including phenoxy) is 2. The van der Waals surface area contributed by atoms with Gasteiger partial charge in [-0.1, -0.05) is 25.1 Å². The van der Waals surface area contributed by atoms with Gasteiger partial charge in [0.05, 0.1) is 6.61 Å². The molecule has 0 bridgehead atoms. The highest BCUT2D eigenvalue weighted by atomic mass is 32.2. The number of unbranched alkanes of at least 4 members (excludes halogenated alkanes) is 1. The average Bonchev–Trinajstić information content (AvgIpc) is 2.77. The Morgan fingerprint density at radius 2 is 1.72 bits per heavy atom. The fraction of sp³-hybridized carbons (Fsp3) is 0.318. The van der Waals surface area contributed by atoms with Gasteiger partial charge in [0.15, 0.2) is 6.61 Å². The molecule has 0 saturated carbocycles. The van der Waals surface area contributed by atoms with Crippen LogP contribution >= 0.6 is 11.8 Å². The minimum Gasteiger partial charge on any atom is -0.494 e. The molecule has 0 aliphatic carbocycles. The molecule has 2 rings (SSSR count). The minimum absolute atomic E-state index is 0.354. The number of benzene rings is 2. The Morgan fingerprint density at radius 3 is 2.34 bits per heavy atom. The third-order valence-electron chi connectivity index (χ3n) is 4.00. The van der Waals surface area contributed by atoms with E-state index in [0.29, 0.717) is 40.3 Å². The summed E-state index contributed by atoms with van der Waals surface area (Å²) < 4.78 is 34.9. The van der Waals surface area contributed by atoms with Gasteiger partial charge >= 0.3 is 5.97 Å². The van der Waals surface area contributed by atoms with E-state index in [4.69, 9.17) is 9.47 Å². The minimum atomic E-state index is -2.53. The number of carbonyl (C=O) groups is 3. The maximum atomic E-state index is 12.3. The molecule has 0 unspecified atom stereocenters. The quantitative estimate of drug-likeness (QED) is 0.278. The maximum absolute atomic E-state index is 12.3. The van der Waals surface area contributed by atoms with Gasteiger partial charge in [-0.2, -0.15) is 8.78 Å². The molecule has 0 atom stereocenters. The van der Waals surface area contributed by atoms with Crippen molar-refractivity contribution < 1.29 is 32.6 Å². The second-order valence-electron chi connectivity index (χ2n) is 6.52. The van der Waals surface area contributed by atoms with Crippen molar-refractivity contribution in [2.75, 3.05) is 25.1 Å². The van der Waals surface area contributed by atoms with Gasteiger partial charge in [-0.25, -0.2) is 0 Å². The number of hydrogen-bond donors (Lipinski definition) is 2. The van der Waals surface area contributed by atoms with Gasteiger partial charge in [0.2, 0.25) is 0 Å². The van der Waals surface area contributed by atoms with Crippen LogP contribution in [0.1, 0.15) is 30.1 Å². The van der Waals surface area contributed by atoms with Crippen LogP contribution in [-0.2, 0) is 14.3 Å². The molecular weight excluding hydrogens is 442 g/mol. The Labute approximate surface area is 188 Å². The van der Waals surface area contributed by atoms with Crippen LogP contribution in [0.4, 0.5) is 14.5 Å². The van der Waals surface area contributed by atoms with E-state index in [0.717, 1.165) is 12.8 Å². The van der Waals surface area contributed by atoms with E-state index in [1.54, 1.807) is 24.3 Å². The number of rotatable bonds is 12. The third kappa shape index (κ3) is 9.34. The highest BCUT2D eigenvalue weighted by Gasteiger charge is 2.12. The third-order valence-corrected chi connectivity index (χ3v) is 4.73. The topological polar surface area (TPSA) is 93.7 Å². The zero-order valence-corrected chi connectivity index (χ0v) is 18.3. The van der Waals surface area contributed by atoms with E-state index in [9.17, 15) is 23.2 Å². The van der Waals surface area contributed by atoms with Crippen LogP contribution in [0.15, 0.2) is 53.4 Å². The average molecular weight is 467 g/mol. The fourth-order valence-corrected chi connectivity index (χ4v) is 2.90. The lowest BCUT2D eigenvalue weighted by atomic mass is 10.2. The first-order chi connectivity index (χ1) is 15.4. The predicted octanol–water partition coefficient (Wildman–Crippen LogP) is 4.09. The van der Waals surface area contributed by atoms with E-state index >= 15 is 0 Å². The zero-order valence-electron chi connectivity index (χ0n) is 17.4. The van der Waals surface area contributed by atoms with E-state index in [1.807, 2.05) is 0 Å². The summed E-state index contributed by atoms with van der Waals surface area (Å²) >= 11 is 0.395. The molecule has 2 aromatic carbocycles. The summed E-state index contributed by atoms with van der Waals surface area (Å²) in [5.74, 6) is -3.72. The molecule has 2 aromatic rings. The van der Waals surface area contributed by atoms with E-state index < -0.39 is 36.7 Å². The number of amides is 2. The Hall–Kier alpha value is -3.14. The highest BCUT2D eigenvalue weighted by Crippen LogP contribution is 2.26. The van der Waals surface area contributed by atoms with Crippen LogP contribution in [0.2, 0.25) is 0 Å². The van der Waals surface area contributed by atoms with Crippen molar-refractivity contribution in [3.8, 4) is 5.75 Å². The first-order valence-electron chi connectivity index (χ1n) is 9.88. The Kier molecular flexibility index (Phi) is 10.5. The predicted molar refractivity (Wildman–Crippen MR) is 117 cm³/mol. The van der Waals surface area contributed by atoms with Crippen LogP contribution in [0.3, 0.4) is 0 Å². The van der Waals surface area contributed by atoms with Gasteiger partial charge in [0, 0.05) is 16.1 Å². The molecule has 0 aliphatic heterocycles. The van der Waals surface area contributed by atoms with E-state index in [-0.39, 0.29) is 0 Å². The standard InChI is InChI=1S/C22H24F2N2O5S/c1-2-3-12-30-17-8-4-15(5-9-17)21(29)25-13-20(28)31-14-19(27)26-16-6-10-18(11-7-16)32-22(23)24/h4-11,22H,2-3,12-14H2,1H3,(H,25,29)(H,26,27).